The van der Waals surface area contributed by atoms with Crippen molar-refractivity contribution in [3.63, 3.8) is 0 Å². The number of amides is 1. The Morgan fingerprint density at radius 3 is 2.69 bits per heavy atom. The zero-order valence-electron chi connectivity index (χ0n) is 9.40. The second kappa shape index (κ2) is 3.80. The predicted octanol–water partition coefficient (Wildman–Crippen LogP) is 1.01. The lowest BCUT2D eigenvalue weighted by Crippen LogP contribution is -2.13. The van der Waals surface area contributed by atoms with E-state index in [2.05, 4.69) is 20.6 Å². The van der Waals surface area contributed by atoms with Crippen LogP contribution in [0.25, 0.3) is 0 Å². The van der Waals surface area contributed by atoms with Crippen LogP contribution in [0.2, 0.25) is 0 Å². The van der Waals surface area contributed by atoms with E-state index in [4.69, 9.17) is 0 Å². The number of aromatic nitrogens is 4. The second-order valence-electron chi connectivity index (χ2n) is 3.63. The molecule has 2 heterocycles. The number of carbonyl (C=O) groups excluding carboxylic acids is 1. The first kappa shape index (κ1) is 10.4. The van der Waals surface area contributed by atoms with Gasteiger partial charge in [0.2, 0.25) is 0 Å². The van der Waals surface area contributed by atoms with Crippen LogP contribution in [0.5, 0.6) is 0 Å². The molecule has 2 N–H and O–H groups in total. The molecule has 6 heteroatoms. The van der Waals surface area contributed by atoms with Crippen LogP contribution in [0.1, 0.15) is 21.7 Å². The van der Waals surface area contributed by atoms with Crippen LogP contribution in [0.15, 0.2) is 12.4 Å². The molecule has 0 radical (unpaired) electrons. The van der Waals surface area contributed by atoms with Crippen LogP contribution < -0.4 is 5.32 Å². The molecule has 0 spiro atoms. The van der Waals surface area contributed by atoms with E-state index in [-0.39, 0.29) is 5.91 Å². The number of anilines is 1. The van der Waals surface area contributed by atoms with Gasteiger partial charge < -0.3 is 5.32 Å². The van der Waals surface area contributed by atoms with Crippen molar-refractivity contribution in [1.82, 2.24) is 20.0 Å². The van der Waals surface area contributed by atoms with Crippen LogP contribution in [0.3, 0.4) is 0 Å². The Hall–Kier alpha value is -2.11. The maximum absolute atomic E-state index is 11.9. The van der Waals surface area contributed by atoms with Gasteiger partial charge in [-0.3, -0.25) is 14.6 Å². The number of nitrogens with zero attached hydrogens (tertiary/aromatic N) is 3. The van der Waals surface area contributed by atoms with E-state index >= 15 is 0 Å². The number of aryl methyl sites for hydroxylation is 2. The smallest absolute Gasteiger partial charge is 0.259 e. The molecule has 0 saturated heterocycles. The van der Waals surface area contributed by atoms with E-state index in [0.29, 0.717) is 11.3 Å². The van der Waals surface area contributed by atoms with Gasteiger partial charge in [-0.2, -0.15) is 10.2 Å². The van der Waals surface area contributed by atoms with Crippen molar-refractivity contribution in [2.24, 2.45) is 7.05 Å². The summed E-state index contributed by atoms with van der Waals surface area (Å²) in [4.78, 5) is 11.9. The van der Waals surface area contributed by atoms with Gasteiger partial charge in [0.25, 0.3) is 5.91 Å². The summed E-state index contributed by atoms with van der Waals surface area (Å²) in [7, 11) is 1.80. The zero-order valence-corrected chi connectivity index (χ0v) is 9.40. The minimum atomic E-state index is -0.171. The fraction of sp³-hybridized carbons (Fsp3) is 0.300. The number of rotatable bonds is 2. The molecular formula is C10H13N5O. The summed E-state index contributed by atoms with van der Waals surface area (Å²) in [5.74, 6) is -0.171. The second-order valence-corrected chi connectivity index (χ2v) is 3.63. The predicted molar refractivity (Wildman–Crippen MR) is 59.2 cm³/mol. The lowest BCUT2D eigenvalue weighted by atomic mass is 10.2. The first-order valence-electron chi connectivity index (χ1n) is 4.89. The molecule has 84 valence electrons. The zero-order chi connectivity index (χ0) is 11.7. The fourth-order valence-electron chi connectivity index (χ4n) is 1.39. The molecular weight excluding hydrogens is 206 g/mol. The average molecular weight is 219 g/mol. The Kier molecular flexibility index (Phi) is 2.47. The molecule has 2 aromatic heterocycles. The van der Waals surface area contributed by atoms with Gasteiger partial charge in [0.1, 0.15) is 0 Å². The van der Waals surface area contributed by atoms with E-state index < -0.39 is 0 Å². The van der Waals surface area contributed by atoms with Gasteiger partial charge in [0.15, 0.2) is 0 Å². The lowest BCUT2D eigenvalue weighted by Gasteiger charge is -2.02. The van der Waals surface area contributed by atoms with Crippen molar-refractivity contribution in [2.75, 3.05) is 5.32 Å². The van der Waals surface area contributed by atoms with Crippen LogP contribution in [0, 0.1) is 13.8 Å². The van der Waals surface area contributed by atoms with E-state index in [1.165, 1.54) is 0 Å². The molecule has 2 aromatic rings. The highest BCUT2D eigenvalue weighted by Gasteiger charge is 2.14. The van der Waals surface area contributed by atoms with Crippen LogP contribution in [0.4, 0.5) is 5.69 Å². The molecule has 0 aliphatic carbocycles. The molecule has 0 aliphatic heterocycles. The van der Waals surface area contributed by atoms with Gasteiger partial charge in [-0.15, -0.1) is 0 Å². The molecule has 0 atom stereocenters. The number of hydrogen-bond donors (Lipinski definition) is 2. The van der Waals surface area contributed by atoms with Crippen LogP contribution >= 0.6 is 0 Å². The molecule has 0 bridgehead atoms. The fourth-order valence-corrected chi connectivity index (χ4v) is 1.39. The van der Waals surface area contributed by atoms with Gasteiger partial charge in [0.05, 0.1) is 29.3 Å². The number of nitrogens with one attached hydrogen (secondary N) is 2. The van der Waals surface area contributed by atoms with Crippen molar-refractivity contribution < 1.29 is 4.79 Å². The third-order valence-corrected chi connectivity index (χ3v) is 2.56. The van der Waals surface area contributed by atoms with Crippen molar-refractivity contribution in [1.29, 1.82) is 0 Å². The summed E-state index contributed by atoms with van der Waals surface area (Å²) in [6.07, 6.45) is 3.14. The highest BCUT2D eigenvalue weighted by atomic mass is 16.1. The van der Waals surface area contributed by atoms with E-state index in [0.717, 1.165) is 11.4 Å². The molecule has 1 amide bonds. The third kappa shape index (κ3) is 1.69. The largest absolute Gasteiger partial charge is 0.319 e. The molecule has 2 rings (SSSR count). The number of hydrogen-bond acceptors (Lipinski definition) is 3. The summed E-state index contributed by atoms with van der Waals surface area (Å²) < 4.78 is 1.66. The topological polar surface area (TPSA) is 75.6 Å². The van der Waals surface area contributed by atoms with Crippen molar-refractivity contribution in [3.05, 3.63) is 29.3 Å². The highest BCUT2D eigenvalue weighted by Crippen LogP contribution is 2.13. The van der Waals surface area contributed by atoms with Crippen molar-refractivity contribution >= 4 is 11.6 Å². The van der Waals surface area contributed by atoms with E-state index in [1.807, 2.05) is 13.8 Å². The third-order valence-electron chi connectivity index (χ3n) is 2.56. The maximum Gasteiger partial charge on any atom is 0.259 e. The Morgan fingerprint density at radius 1 is 1.44 bits per heavy atom. The number of H-pyrrole nitrogens is 1. The Labute approximate surface area is 92.7 Å². The van der Waals surface area contributed by atoms with Gasteiger partial charge in [-0.05, 0) is 13.8 Å². The first-order valence-corrected chi connectivity index (χ1v) is 4.89. The van der Waals surface area contributed by atoms with Gasteiger partial charge in [-0.1, -0.05) is 0 Å². The Balaban J connectivity index is 2.21. The normalized spacial score (nSPS) is 10.4. The standard InChI is InChI=1S/C10H13N5O/c1-6-9(5-11-14-6)13-10(16)8-4-12-15(3)7(8)2/h4-5H,1-3H3,(H,11,14)(H,13,16). The minimum Gasteiger partial charge on any atom is -0.319 e. The SMILES string of the molecule is Cc1[nH]ncc1NC(=O)c1cnn(C)c1C. The monoisotopic (exact) mass is 219 g/mol. The molecule has 16 heavy (non-hydrogen) atoms. The lowest BCUT2D eigenvalue weighted by molar-refractivity contribution is 0.102. The molecule has 6 nitrogen and oxygen atoms in total. The molecule has 0 fully saturated rings. The van der Waals surface area contributed by atoms with Gasteiger partial charge >= 0.3 is 0 Å². The summed E-state index contributed by atoms with van der Waals surface area (Å²) in [5.41, 5.74) is 2.92. The maximum atomic E-state index is 11.9. The summed E-state index contributed by atoms with van der Waals surface area (Å²) in [6, 6.07) is 0. The Morgan fingerprint density at radius 2 is 2.19 bits per heavy atom. The molecule has 0 saturated carbocycles. The van der Waals surface area contributed by atoms with Crippen LogP contribution in [-0.4, -0.2) is 25.9 Å². The quantitative estimate of drug-likeness (QED) is 0.791. The molecule has 0 aliphatic rings. The summed E-state index contributed by atoms with van der Waals surface area (Å²) in [6.45, 7) is 3.70. The average Bonchev–Trinajstić information content (AvgIpc) is 2.77. The Bertz CT molecular complexity index is 525. The van der Waals surface area contributed by atoms with Gasteiger partial charge in [-0.25, -0.2) is 0 Å². The van der Waals surface area contributed by atoms with E-state index in [1.54, 1.807) is 24.1 Å². The minimum absolute atomic E-state index is 0.171. The molecule has 0 unspecified atom stereocenters. The van der Waals surface area contributed by atoms with Crippen molar-refractivity contribution in [2.45, 2.75) is 13.8 Å². The number of aromatic amines is 1. The number of carbonyl (C=O) groups is 1. The molecule has 0 aromatic carbocycles. The van der Waals surface area contributed by atoms with Crippen molar-refractivity contribution in [3.8, 4) is 0 Å². The van der Waals surface area contributed by atoms with E-state index in [9.17, 15) is 4.79 Å². The van der Waals surface area contributed by atoms with Crippen LogP contribution in [-0.2, 0) is 7.05 Å². The first-order chi connectivity index (χ1) is 7.59. The highest BCUT2D eigenvalue weighted by molar-refractivity contribution is 6.05. The summed E-state index contributed by atoms with van der Waals surface area (Å²) >= 11 is 0. The summed E-state index contributed by atoms with van der Waals surface area (Å²) in [5, 5.41) is 13.4. The van der Waals surface area contributed by atoms with Gasteiger partial charge in [0, 0.05) is 12.7 Å².